The maximum absolute atomic E-state index is 13.6. The Kier molecular flexibility index (Phi) is 9.52. The highest BCUT2D eigenvalue weighted by Crippen LogP contribution is 2.60. The zero-order valence-corrected chi connectivity index (χ0v) is 25.0. The maximum Gasteiger partial charge on any atom is 0.490 e. The van der Waals surface area contributed by atoms with Gasteiger partial charge in [-0.3, -0.25) is 13.6 Å². The average Bonchev–Trinajstić information content (AvgIpc) is 3.55. The van der Waals surface area contributed by atoms with Crippen LogP contribution in [0.2, 0.25) is 0 Å². The Morgan fingerprint density at radius 3 is 2.33 bits per heavy atom. The van der Waals surface area contributed by atoms with Crippen molar-refractivity contribution in [3.63, 3.8) is 0 Å². The molecule has 2 aromatic carbocycles. The molecule has 7 atom stereocenters. The molecule has 46 heavy (non-hydrogen) atoms. The van der Waals surface area contributed by atoms with Crippen molar-refractivity contribution >= 4 is 30.6 Å². The van der Waals surface area contributed by atoms with E-state index in [2.05, 4.69) is 9.97 Å². The number of phosphoric ester groups is 1. The van der Waals surface area contributed by atoms with Crippen molar-refractivity contribution < 1.29 is 56.2 Å². The number of nitrogen functional groups attached to an aromatic ring is 1. The molecule has 2 aliphatic heterocycles. The minimum Gasteiger partial charge on any atom is -0.475 e. The number of aliphatic hydroxyl groups is 2. The number of aliphatic carboxylic acids is 1. The van der Waals surface area contributed by atoms with Gasteiger partial charge in [0.25, 0.3) is 0 Å². The number of benzene rings is 2. The minimum absolute atomic E-state index is 0.103. The minimum atomic E-state index is -5.08. The van der Waals surface area contributed by atoms with E-state index >= 15 is 0 Å². The van der Waals surface area contributed by atoms with Crippen LogP contribution in [-0.4, -0.2) is 73.0 Å². The zero-order chi connectivity index (χ0) is 33.3. The molecule has 2 saturated heterocycles. The van der Waals surface area contributed by atoms with Crippen LogP contribution in [0.5, 0.6) is 0 Å². The fourth-order valence-corrected chi connectivity index (χ4v) is 6.61. The highest BCUT2D eigenvalue weighted by molar-refractivity contribution is 7.48. The van der Waals surface area contributed by atoms with E-state index in [1.807, 2.05) is 60.7 Å². The number of phosphoric acid groups is 1. The first-order valence-corrected chi connectivity index (χ1v) is 15.3. The molecule has 0 bridgehead atoms. The lowest BCUT2D eigenvalue weighted by atomic mass is 9.90. The molecule has 0 amide bonds. The first-order valence-electron chi connectivity index (χ1n) is 13.8. The molecule has 6 rings (SSSR count). The number of carboxylic acids is 1. The van der Waals surface area contributed by atoms with Gasteiger partial charge in [-0.25, -0.2) is 19.3 Å². The molecular weight excluding hydrogens is 636 g/mol. The van der Waals surface area contributed by atoms with Crippen LogP contribution >= 0.6 is 7.82 Å². The van der Waals surface area contributed by atoms with Crippen molar-refractivity contribution in [2.45, 2.75) is 49.2 Å². The predicted molar refractivity (Wildman–Crippen MR) is 155 cm³/mol. The number of anilines is 1. The fourth-order valence-electron chi connectivity index (χ4n) is 5.20. The zero-order valence-electron chi connectivity index (χ0n) is 24.1. The topological polar surface area (TPSA) is 188 Å². The first kappa shape index (κ1) is 33.5. The summed E-state index contributed by atoms with van der Waals surface area (Å²) in [5, 5.41) is 29.8. The fraction of sp³-hybridized carbons (Fsp3) is 0.345. The Hall–Kier alpha value is -3.89. The highest BCUT2D eigenvalue weighted by Gasteiger charge is 2.54. The lowest BCUT2D eigenvalue weighted by Crippen LogP contribution is -2.44. The number of fused-ring (bicyclic) bond motifs is 1. The van der Waals surface area contributed by atoms with Gasteiger partial charge in [-0.2, -0.15) is 13.2 Å². The van der Waals surface area contributed by atoms with Gasteiger partial charge >= 0.3 is 20.0 Å². The second-order valence-corrected chi connectivity index (χ2v) is 12.3. The number of hydrogen-bond donors (Lipinski definition) is 4. The number of ether oxygens (including phenoxy) is 1. The van der Waals surface area contributed by atoms with Crippen molar-refractivity contribution in [1.82, 2.24) is 14.5 Å². The number of carbonyl (C=O) groups is 1. The summed E-state index contributed by atoms with van der Waals surface area (Å²) in [6.07, 6.45) is -6.16. The maximum atomic E-state index is 13.6. The normalized spacial score (nSPS) is 29.7. The van der Waals surface area contributed by atoms with Gasteiger partial charge in [-0.05, 0) is 24.1 Å². The molecule has 2 fully saturated rings. The number of nitrogens with zero attached hydrogens (tertiary/aromatic N) is 3. The summed E-state index contributed by atoms with van der Waals surface area (Å²) in [5.41, 5.74) is 6.46. The molecule has 2 aliphatic rings. The summed E-state index contributed by atoms with van der Waals surface area (Å²) in [4.78, 5) is 17.1. The van der Waals surface area contributed by atoms with Crippen LogP contribution in [0.1, 0.15) is 36.3 Å². The predicted octanol–water partition coefficient (Wildman–Crippen LogP) is 4.35. The molecular formula is C29H30F3N4O9P. The van der Waals surface area contributed by atoms with Crippen LogP contribution < -0.4 is 5.73 Å². The molecule has 17 heteroatoms. The molecule has 0 radical (unpaired) electrons. The molecule has 5 N–H and O–H groups in total. The first-order chi connectivity index (χ1) is 21.7. The van der Waals surface area contributed by atoms with Gasteiger partial charge in [0.05, 0.1) is 18.6 Å². The van der Waals surface area contributed by atoms with Gasteiger partial charge in [0, 0.05) is 12.1 Å². The molecule has 0 saturated carbocycles. The third-order valence-electron chi connectivity index (χ3n) is 7.56. The number of nitrogens with two attached hydrogens (primary N) is 1. The van der Waals surface area contributed by atoms with Crippen molar-refractivity contribution in [1.29, 1.82) is 0 Å². The molecule has 2 aromatic heterocycles. The molecule has 246 valence electrons. The summed E-state index contributed by atoms with van der Waals surface area (Å²) in [7, 11) is -4.06. The molecule has 0 aliphatic carbocycles. The van der Waals surface area contributed by atoms with Gasteiger partial charge in [0.2, 0.25) is 0 Å². The molecule has 0 unspecified atom stereocenters. The average molecular weight is 667 g/mol. The summed E-state index contributed by atoms with van der Waals surface area (Å²) in [6.45, 7) is 1.20. The van der Waals surface area contributed by atoms with Gasteiger partial charge in [0.1, 0.15) is 41.7 Å². The summed E-state index contributed by atoms with van der Waals surface area (Å²) >= 11 is 0. The van der Waals surface area contributed by atoms with Crippen molar-refractivity contribution in [2.24, 2.45) is 0 Å². The van der Waals surface area contributed by atoms with Crippen molar-refractivity contribution in [3.05, 3.63) is 90.4 Å². The van der Waals surface area contributed by atoms with E-state index in [1.54, 1.807) is 16.8 Å². The lowest BCUT2D eigenvalue weighted by molar-refractivity contribution is -0.192. The van der Waals surface area contributed by atoms with E-state index in [4.69, 9.17) is 33.9 Å². The smallest absolute Gasteiger partial charge is 0.475 e. The van der Waals surface area contributed by atoms with Crippen LogP contribution in [-0.2, 0) is 27.7 Å². The monoisotopic (exact) mass is 666 g/mol. The summed E-state index contributed by atoms with van der Waals surface area (Å²) < 4.78 is 70.4. The van der Waals surface area contributed by atoms with E-state index in [9.17, 15) is 27.9 Å². The van der Waals surface area contributed by atoms with Crippen LogP contribution in [0.15, 0.2) is 79.3 Å². The van der Waals surface area contributed by atoms with Gasteiger partial charge in [-0.1, -0.05) is 60.7 Å². The Bertz CT molecular complexity index is 1710. The van der Waals surface area contributed by atoms with Crippen LogP contribution in [0.3, 0.4) is 0 Å². The Morgan fingerprint density at radius 1 is 1.11 bits per heavy atom. The quantitative estimate of drug-likeness (QED) is 0.213. The lowest BCUT2D eigenvalue weighted by Gasteiger charge is -2.36. The number of aliphatic hydroxyl groups excluding tert-OH is 1. The Labute approximate surface area is 259 Å². The van der Waals surface area contributed by atoms with Crippen LogP contribution in [0.25, 0.3) is 11.0 Å². The molecule has 0 spiro atoms. The van der Waals surface area contributed by atoms with E-state index in [0.717, 1.165) is 11.1 Å². The van der Waals surface area contributed by atoms with E-state index in [-0.39, 0.29) is 24.9 Å². The number of alkyl halides is 3. The SMILES string of the molecule is C[C@@]1(O)[C@H](O)[C@@H](CO[P@@]2(=O)OC[C@@H](c3ccccc3)[C@@H](c3ccccc3)O2)O[C@H]1n1ccc2c(N)ncnc21.O=C(O)C(F)(F)F. The van der Waals surface area contributed by atoms with Crippen molar-refractivity contribution in [2.75, 3.05) is 18.9 Å². The second kappa shape index (κ2) is 13.1. The Morgan fingerprint density at radius 2 is 1.72 bits per heavy atom. The molecule has 13 nitrogen and oxygen atoms in total. The van der Waals surface area contributed by atoms with Crippen molar-refractivity contribution in [3.8, 4) is 0 Å². The summed E-state index contributed by atoms with van der Waals surface area (Å²) in [5.74, 6) is -2.69. The number of rotatable bonds is 6. The van der Waals surface area contributed by atoms with Gasteiger partial charge in [0.15, 0.2) is 6.23 Å². The number of hydrogen-bond acceptors (Lipinski definition) is 11. The van der Waals surface area contributed by atoms with E-state index < -0.39 is 50.1 Å². The van der Waals surface area contributed by atoms with Crippen LogP contribution in [0, 0.1) is 0 Å². The third kappa shape index (κ3) is 6.93. The molecule has 4 heterocycles. The summed E-state index contributed by atoms with van der Waals surface area (Å²) in [6, 6.07) is 20.9. The highest BCUT2D eigenvalue weighted by atomic mass is 31.2. The van der Waals surface area contributed by atoms with Gasteiger partial charge in [-0.15, -0.1) is 0 Å². The second-order valence-electron chi connectivity index (χ2n) is 10.7. The largest absolute Gasteiger partial charge is 0.490 e. The number of carboxylic acid groups (broad SMARTS) is 1. The standard InChI is InChI=1S/C27H29N4O7P.C2HF3O2/c1-27(33)23(32)21(37-26(27)31-13-12-19-24(28)29-16-30-25(19)31)15-36-39(34)35-14-20(17-8-4-2-5-9-17)22(38-39)18-10-6-3-7-11-18;3-2(4,5)1(6)7/h2-13,16,20-23,26,32-33H,14-15H2,1H3,(H2,28,29,30);(H,6,7)/t20-,21+,22+,23+,26+,27+,39+;/m0./s1. The van der Waals surface area contributed by atoms with Gasteiger partial charge < -0.3 is 30.4 Å². The Balaban J connectivity index is 0.000000537. The van der Waals surface area contributed by atoms with Crippen LogP contribution in [0.4, 0.5) is 19.0 Å². The number of aromatic nitrogens is 3. The van der Waals surface area contributed by atoms with E-state index in [0.29, 0.717) is 11.0 Å². The van der Waals surface area contributed by atoms with E-state index in [1.165, 1.54) is 13.3 Å². The number of halogens is 3. The molecule has 4 aromatic rings. The third-order valence-corrected chi connectivity index (χ3v) is 8.98.